The highest BCUT2D eigenvalue weighted by atomic mass is 16.4. The molecule has 0 amide bonds. The third-order valence-electron chi connectivity index (χ3n) is 4.65. The van der Waals surface area contributed by atoms with E-state index < -0.39 is 11.5 Å². The summed E-state index contributed by atoms with van der Waals surface area (Å²) in [5.74, 6) is -0.385. The van der Waals surface area contributed by atoms with Crippen molar-refractivity contribution in [2.24, 2.45) is 11.1 Å². The van der Waals surface area contributed by atoms with Crippen molar-refractivity contribution >= 4 is 5.97 Å². The van der Waals surface area contributed by atoms with E-state index in [0.29, 0.717) is 5.92 Å². The molecule has 0 saturated heterocycles. The van der Waals surface area contributed by atoms with E-state index in [-0.39, 0.29) is 11.8 Å². The monoisotopic (exact) mass is 261 g/mol. The van der Waals surface area contributed by atoms with Gasteiger partial charge in [-0.15, -0.1) is 0 Å². The number of carboxylic acids is 1. The van der Waals surface area contributed by atoms with E-state index in [1.165, 1.54) is 5.56 Å². The molecular formula is C16H23NO2. The van der Waals surface area contributed by atoms with E-state index in [4.69, 9.17) is 10.8 Å². The molecule has 0 aromatic heterocycles. The summed E-state index contributed by atoms with van der Waals surface area (Å²) in [5, 5.41) is 9.05. The summed E-state index contributed by atoms with van der Waals surface area (Å²) in [6.07, 6.45) is 2.90. The zero-order chi connectivity index (χ0) is 14.1. The summed E-state index contributed by atoms with van der Waals surface area (Å²) < 4.78 is 0. The Morgan fingerprint density at radius 3 is 2.47 bits per heavy atom. The van der Waals surface area contributed by atoms with Gasteiger partial charge in [-0.1, -0.05) is 37.3 Å². The highest BCUT2D eigenvalue weighted by Gasteiger charge is 2.55. The summed E-state index contributed by atoms with van der Waals surface area (Å²) in [6.45, 7) is 4.18. The van der Waals surface area contributed by atoms with Gasteiger partial charge in [-0.3, -0.25) is 4.79 Å². The van der Waals surface area contributed by atoms with Crippen molar-refractivity contribution in [1.82, 2.24) is 0 Å². The van der Waals surface area contributed by atoms with E-state index in [9.17, 15) is 4.79 Å². The Balaban J connectivity index is 2.07. The van der Waals surface area contributed by atoms with Crippen LogP contribution in [0.5, 0.6) is 0 Å². The van der Waals surface area contributed by atoms with Crippen molar-refractivity contribution < 1.29 is 9.90 Å². The molecule has 1 aromatic rings. The minimum Gasteiger partial charge on any atom is -0.481 e. The van der Waals surface area contributed by atoms with Gasteiger partial charge in [0, 0.05) is 5.54 Å². The Labute approximate surface area is 114 Å². The maximum absolute atomic E-state index is 11.0. The second-order valence-corrected chi connectivity index (χ2v) is 6.28. The molecule has 1 fully saturated rings. The maximum atomic E-state index is 11.0. The van der Waals surface area contributed by atoms with E-state index >= 15 is 0 Å². The van der Waals surface area contributed by atoms with Crippen LogP contribution in [0.15, 0.2) is 30.3 Å². The third-order valence-corrected chi connectivity index (χ3v) is 4.65. The van der Waals surface area contributed by atoms with E-state index in [1.807, 2.05) is 25.1 Å². The highest BCUT2D eigenvalue weighted by Crippen LogP contribution is 2.57. The second-order valence-electron chi connectivity index (χ2n) is 6.28. The van der Waals surface area contributed by atoms with Crippen LogP contribution in [-0.2, 0) is 4.79 Å². The Morgan fingerprint density at radius 2 is 2.00 bits per heavy atom. The van der Waals surface area contributed by atoms with Crippen LogP contribution < -0.4 is 5.73 Å². The van der Waals surface area contributed by atoms with E-state index in [2.05, 4.69) is 19.1 Å². The fraction of sp³-hybridized carbons (Fsp3) is 0.562. The molecule has 104 valence electrons. The predicted molar refractivity (Wildman–Crippen MR) is 76.0 cm³/mol. The van der Waals surface area contributed by atoms with Crippen molar-refractivity contribution in [2.45, 2.75) is 51.0 Å². The van der Waals surface area contributed by atoms with Crippen LogP contribution in [0.25, 0.3) is 0 Å². The van der Waals surface area contributed by atoms with Gasteiger partial charge < -0.3 is 10.8 Å². The van der Waals surface area contributed by atoms with Crippen LogP contribution in [-0.4, -0.2) is 16.6 Å². The van der Waals surface area contributed by atoms with Crippen molar-refractivity contribution in [1.29, 1.82) is 0 Å². The van der Waals surface area contributed by atoms with Crippen molar-refractivity contribution in [2.75, 3.05) is 0 Å². The molecule has 1 saturated carbocycles. The first-order valence-corrected chi connectivity index (χ1v) is 6.92. The number of carbonyl (C=O) groups is 1. The second kappa shape index (κ2) is 4.97. The smallest absolute Gasteiger partial charge is 0.303 e. The zero-order valence-corrected chi connectivity index (χ0v) is 11.7. The number of nitrogens with two attached hydrogens (primary N) is 1. The van der Waals surface area contributed by atoms with Crippen molar-refractivity contribution in [3.63, 3.8) is 0 Å². The molecule has 0 aliphatic heterocycles. The largest absolute Gasteiger partial charge is 0.481 e. The Morgan fingerprint density at radius 1 is 1.42 bits per heavy atom. The Hall–Kier alpha value is -1.35. The van der Waals surface area contributed by atoms with Crippen molar-refractivity contribution in [3.05, 3.63) is 35.9 Å². The molecule has 2 unspecified atom stereocenters. The lowest BCUT2D eigenvalue weighted by molar-refractivity contribution is -0.139. The summed E-state index contributed by atoms with van der Waals surface area (Å²) in [4.78, 5) is 11.0. The normalized spacial score (nSPS) is 21.4. The lowest BCUT2D eigenvalue weighted by Crippen LogP contribution is -2.47. The molecule has 0 bridgehead atoms. The van der Waals surface area contributed by atoms with Crippen LogP contribution in [0.1, 0.15) is 51.0 Å². The maximum Gasteiger partial charge on any atom is 0.303 e. The van der Waals surface area contributed by atoms with Gasteiger partial charge in [0.25, 0.3) is 0 Å². The number of rotatable bonds is 6. The zero-order valence-electron chi connectivity index (χ0n) is 11.7. The average Bonchev–Trinajstić information content (AvgIpc) is 3.10. The Kier molecular flexibility index (Phi) is 3.68. The first kappa shape index (κ1) is 14.1. The molecule has 19 heavy (non-hydrogen) atoms. The molecule has 2 atom stereocenters. The average molecular weight is 261 g/mol. The van der Waals surface area contributed by atoms with Crippen LogP contribution in [0.2, 0.25) is 0 Å². The van der Waals surface area contributed by atoms with Crippen LogP contribution in [0, 0.1) is 5.41 Å². The molecule has 2 rings (SSSR count). The molecule has 1 aliphatic carbocycles. The van der Waals surface area contributed by atoms with Gasteiger partial charge in [-0.2, -0.15) is 0 Å². The predicted octanol–water partition coefficient (Wildman–Crippen LogP) is 3.15. The van der Waals surface area contributed by atoms with Gasteiger partial charge >= 0.3 is 5.97 Å². The van der Waals surface area contributed by atoms with Gasteiger partial charge in [-0.05, 0) is 43.1 Å². The highest BCUT2D eigenvalue weighted by molar-refractivity contribution is 5.68. The molecule has 0 spiro atoms. The third kappa shape index (κ3) is 2.98. The summed E-state index contributed by atoms with van der Waals surface area (Å²) in [7, 11) is 0. The van der Waals surface area contributed by atoms with E-state index in [1.54, 1.807) is 0 Å². The van der Waals surface area contributed by atoms with Gasteiger partial charge in [-0.25, -0.2) is 0 Å². The molecular weight excluding hydrogens is 238 g/mol. The topological polar surface area (TPSA) is 63.3 Å². The van der Waals surface area contributed by atoms with Crippen molar-refractivity contribution in [3.8, 4) is 0 Å². The summed E-state index contributed by atoms with van der Waals surface area (Å²) >= 11 is 0. The number of hydrogen-bond acceptors (Lipinski definition) is 2. The van der Waals surface area contributed by atoms with Gasteiger partial charge in [0.15, 0.2) is 0 Å². The molecule has 1 aromatic carbocycles. The quantitative estimate of drug-likeness (QED) is 0.826. The van der Waals surface area contributed by atoms with Crippen LogP contribution >= 0.6 is 0 Å². The minimum atomic E-state index is -0.735. The molecule has 1 aliphatic rings. The Bertz CT molecular complexity index is 449. The standard InChI is InChI=1S/C16H23NO2/c1-12(13-6-4-3-5-7-13)10-15(2,17)16(8-9-16)11-14(18)19/h3-7,12H,8-11,17H2,1-2H3,(H,18,19). The molecule has 0 radical (unpaired) electrons. The molecule has 0 heterocycles. The van der Waals surface area contributed by atoms with Gasteiger partial charge in [0.05, 0.1) is 6.42 Å². The van der Waals surface area contributed by atoms with Crippen LogP contribution in [0.3, 0.4) is 0 Å². The SMILES string of the molecule is CC(CC(C)(N)C1(CC(=O)O)CC1)c1ccccc1. The minimum absolute atomic E-state index is 0.193. The number of hydrogen-bond donors (Lipinski definition) is 2. The van der Waals surface area contributed by atoms with Crippen LogP contribution in [0.4, 0.5) is 0 Å². The first-order valence-electron chi connectivity index (χ1n) is 6.92. The fourth-order valence-electron chi connectivity index (χ4n) is 3.14. The lowest BCUT2D eigenvalue weighted by Gasteiger charge is -2.36. The summed E-state index contributed by atoms with van der Waals surface area (Å²) in [6, 6.07) is 10.3. The molecule has 3 nitrogen and oxygen atoms in total. The number of carboxylic acid groups (broad SMARTS) is 1. The number of aliphatic carboxylic acids is 1. The van der Waals surface area contributed by atoms with E-state index in [0.717, 1.165) is 19.3 Å². The first-order chi connectivity index (χ1) is 8.86. The molecule has 3 N–H and O–H groups in total. The lowest BCUT2D eigenvalue weighted by atomic mass is 9.74. The summed E-state index contributed by atoms with van der Waals surface area (Å²) in [5.41, 5.74) is 7.14. The van der Waals surface area contributed by atoms with Gasteiger partial charge in [0.2, 0.25) is 0 Å². The number of benzene rings is 1. The fourth-order valence-corrected chi connectivity index (χ4v) is 3.14. The molecule has 3 heteroatoms. The van der Waals surface area contributed by atoms with Gasteiger partial charge in [0.1, 0.15) is 0 Å².